The van der Waals surface area contributed by atoms with Crippen molar-refractivity contribution in [2.24, 2.45) is 0 Å². The second-order valence-corrected chi connectivity index (χ2v) is 18.9. The molecular weight excluding hydrogens is 873 g/mol. The van der Waals surface area contributed by atoms with Crippen molar-refractivity contribution in [2.45, 2.75) is 27.7 Å². The lowest BCUT2D eigenvalue weighted by molar-refractivity contribution is 1.26. The predicted molar refractivity (Wildman–Crippen MR) is 308 cm³/mol. The van der Waals surface area contributed by atoms with Crippen molar-refractivity contribution in [1.82, 2.24) is 0 Å². The highest BCUT2D eigenvalue weighted by molar-refractivity contribution is 6.33. The first-order valence-corrected chi connectivity index (χ1v) is 24.8. The highest BCUT2D eigenvalue weighted by Crippen LogP contribution is 2.55. The van der Waals surface area contributed by atoms with Gasteiger partial charge in [0, 0.05) is 77.8 Å². The molecule has 4 heteroatoms. The summed E-state index contributed by atoms with van der Waals surface area (Å²) in [6.07, 6.45) is 0. The van der Waals surface area contributed by atoms with Crippen molar-refractivity contribution < 1.29 is 0 Å². The number of anilines is 12. The van der Waals surface area contributed by atoms with E-state index in [1.165, 1.54) is 33.0 Å². The molecule has 0 aliphatic rings. The van der Waals surface area contributed by atoms with E-state index in [1.807, 2.05) is 0 Å². The number of rotatable bonds is 12. The fourth-order valence-electron chi connectivity index (χ4n) is 10.5. The number of aryl methyl sites for hydroxylation is 4. The molecular formula is C68H54N4. The van der Waals surface area contributed by atoms with Gasteiger partial charge in [-0.1, -0.05) is 168 Å². The van der Waals surface area contributed by atoms with Crippen LogP contribution in [0.25, 0.3) is 32.3 Å². The third-order valence-electron chi connectivity index (χ3n) is 14.0. The van der Waals surface area contributed by atoms with E-state index in [0.717, 1.165) is 89.8 Å². The summed E-state index contributed by atoms with van der Waals surface area (Å²) in [5, 5.41) is 6.99. The summed E-state index contributed by atoms with van der Waals surface area (Å²) in [6.45, 7) is 8.63. The molecule has 0 saturated carbocycles. The molecule has 0 saturated heterocycles. The van der Waals surface area contributed by atoms with E-state index >= 15 is 0 Å². The molecule has 0 aromatic heterocycles. The molecule has 0 N–H and O–H groups in total. The van der Waals surface area contributed by atoms with Gasteiger partial charge in [0.25, 0.3) is 0 Å². The molecule has 0 heterocycles. The monoisotopic (exact) mass is 926 g/mol. The lowest BCUT2D eigenvalue weighted by atomic mass is 9.89. The maximum absolute atomic E-state index is 2.44. The molecule has 0 amide bonds. The smallest absolute Gasteiger partial charge is 0.0561 e. The van der Waals surface area contributed by atoms with Crippen LogP contribution in [0.3, 0.4) is 0 Å². The van der Waals surface area contributed by atoms with Crippen LogP contribution in [0, 0.1) is 27.7 Å². The zero-order valence-corrected chi connectivity index (χ0v) is 41.0. The molecule has 0 atom stereocenters. The molecule has 0 spiro atoms. The van der Waals surface area contributed by atoms with Crippen molar-refractivity contribution in [3.63, 3.8) is 0 Å². The van der Waals surface area contributed by atoms with Gasteiger partial charge in [0.1, 0.15) is 0 Å². The molecule has 0 fully saturated rings. The van der Waals surface area contributed by atoms with E-state index in [4.69, 9.17) is 0 Å². The number of benzene rings is 12. The minimum Gasteiger partial charge on any atom is -0.310 e. The lowest BCUT2D eigenvalue weighted by Gasteiger charge is -2.34. The van der Waals surface area contributed by atoms with E-state index in [-0.39, 0.29) is 0 Å². The van der Waals surface area contributed by atoms with Crippen LogP contribution in [0.5, 0.6) is 0 Å². The zero-order chi connectivity index (χ0) is 48.7. The Morgan fingerprint density at radius 2 is 0.375 bits per heavy atom. The highest BCUT2D eigenvalue weighted by Gasteiger charge is 2.29. The second-order valence-electron chi connectivity index (χ2n) is 18.9. The molecule has 12 aromatic carbocycles. The van der Waals surface area contributed by atoms with Crippen LogP contribution in [0.1, 0.15) is 22.3 Å². The molecule has 346 valence electrons. The lowest BCUT2D eigenvalue weighted by Crippen LogP contribution is -2.16. The third-order valence-corrected chi connectivity index (χ3v) is 14.0. The maximum Gasteiger partial charge on any atom is 0.0561 e. The number of nitrogens with zero attached hydrogens (tertiary/aromatic N) is 4. The first-order valence-electron chi connectivity index (χ1n) is 24.8. The highest BCUT2D eigenvalue weighted by atomic mass is 15.2. The molecule has 0 bridgehead atoms. The van der Waals surface area contributed by atoms with Crippen molar-refractivity contribution in [3.05, 3.63) is 277 Å². The maximum atomic E-state index is 2.44. The summed E-state index contributed by atoms with van der Waals surface area (Å²) in [7, 11) is 0. The summed E-state index contributed by atoms with van der Waals surface area (Å²) in [6, 6.07) is 93.4. The summed E-state index contributed by atoms with van der Waals surface area (Å²) in [5.41, 5.74) is 17.8. The largest absolute Gasteiger partial charge is 0.310 e. The van der Waals surface area contributed by atoms with Gasteiger partial charge in [-0.15, -0.1) is 0 Å². The first-order chi connectivity index (χ1) is 35.4. The molecule has 4 nitrogen and oxygen atoms in total. The van der Waals surface area contributed by atoms with Crippen molar-refractivity contribution in [1.29, 1.82) is 0 Å². The van der Waals surface area contributed by atoms with Crippen LogP contribution < -0.4 is 19.6 Å². The van der Waals surface area contributed by atoms with Gasteiger partial charge in [-0.25, -0.2) is 0 Å². The molecule has 0 aliphatic heterocycles. The fourth-order valence-corrected chi connectivity index (χ4v) is 10.5. The molecule has 0 aliphatic carbocycles. The van der Waals surface area contributed by atoms with E-state index in [1.54, 1.807) is 0 Å². The van der Waals surface area contributed by atoms with Gasteiger partial charge in [-0.05, 0) is 137 Å². The second kappa shape index (κ2) is 18.7. The topological polar surface area (TPSA) is 13.0 Å². The van der Waals surface area contributed by atoms with Crippen LogP contribution in [-0.4, -0.2) is 0 Å². The summed E-state index contributed by atoms with van der Waals surface area (Å²) in [5.74, 6) is 0. The molecule has 72 heavy (non-hydrogen) atoms. The summed E-state index contributed by atoms with van der Waals surface area (Å²) < 4.78 is 0. The Labute approximate surface area is 422 Å². The van der Waals surface area contributed by atoms with Crippen molar-refractivity contribution in [3.8, 4) is 0 Å². The van der Waals surface area contributed by atoms with Gasteiger partial charge in [-0.3, -0.25) is 0 Å². The Morgan fingerprint density at radius 3 is 0.569 bits per heavy atom. The van der Waals surface area contributed by atoms with Crippen LogP contribution >= 0.6 is 0 Å². The average Bonchev–Trinajstić information content (AvgIpc) is 3.42. The number of hydrogen-bond donors (Lipinski definition) is 0. The van der Waals surface area contributed by atoms with Crippen LogP contribution in [-0.2, 0) is 0 Å². The van der Waals surface area contributed by atoms with Crippen LogP contribution in [0.2, 0.25) is 0 Å². The number of hydrogen-bond acceptors (Lipinski definition) is 4. The van der Waals surface area contributed by atoms with Gasteiger partial charge in [0.05, 0.1) is 22.7 Å². The van der Waals surface area contributed by atoms with Gasteiger partial charge >= 0.3 is 0 Å². The van der Waals surface area contributed by atoms with Crippen LogP contribution in [0.4, 0.5) is 68.2 Å². The molecule has 0 radical (unpaired) electrons. The van der Waals surface area contributed by atoms with Gasteiger partial charge in [0.2, 0.25) is 0 Å². The van der Waals surface area contributed by atoms with Crippen molar-refractivity contribution in [2.75, 3.05) is 19.6 Å². The quantitative estimate of drug-likeness (QED) is 0.113. The third kappa shape index (κ3) is 8.03. The SMILES string of the molecule is Cc1ccc(N(c2ccccc2)c2cc(N(c3ccccc3)c3ccc(C)cc3)c3ccc4c(N(c5ccccc5)c5ccc(C)cc5)cc(N(c5ccccc5)c5ccc(C)cc5)c5ccc2c3c54)cc1. The number of para-hydroxylation sites is 4. The van der Waals surface area contributed by atoms with Gasteiger partial charge in [-0.2, -0.15) is 0 Å². The Kier molecular flexibility index (Phi) is 11.4. The standard InChI is InChI=1S/C68H54N4/c1-47-25-33-55(34-26-47)69(51-17-9-5-10-18-51)63-45-64(70(52-19-11-6-12-20-52)56-35-27-48(2)28-36-56)60-43-44-62-66(72(54-23-15-8-16-24-54)58-39-31-50(4)32-40-58)46-65(61-42-41-59(63)67(60)68(61)62)71(53-21-13-7-14-22-53)57-37-29-49(3)30-38-57/h5-46H,1-4H3. The van der Waals surface area contributed by atoms with Gasteiger partial charge in [0.15, 0.2) is 0 Å². The minimum absolute atomic E-state index is 1.08. The minimum atomic E-state index is 1.08. The van der Waals surface area contributed by atoms with E-state index in [0.29, 0.717) is 0 Å². The Balaban J connectivity index is 1.28. The zero-order valence-electron chi connectivity index (χ0n) is 41.0. The molecule has 0 unspecified atom stereocenters. The van der Waals surface area contributed by atoms with Crippen LogP contribution in [0.15, 0.2) is 255 Å². The summed E-state index contributed by atoms with van der Waals surface area (Å²) >= 11 is 0. The molecule has 12 aromatic rings. The van der Waals surface area contributed by atoms with E-state index < -0.39 is 0 Å². The average molecular weight is 927 g/mol. The normalized spacial score (nSPS) is 11.3. The van der Waals surface area contributed by atoms with E-state index in [9.17, 15) is 0 Å². The first kappa shape index (κ1) is 44.1. The fraction of sp³-hybridized carbons (Fsp3) is 0.0588. The Morgan fingerprint density at radius 1 is 0.194 bits per heavy atom. The Bertz CT molecular complexity index is 3300. The summed E-state index contributed by atoms with van der Waals surface area (Å²) in [4.78, 5) is 9.78. The molecule has 12 rings (SSSR count). The van der Waals surface area contributed by atoms with Crippen molar-refractivity contribution >= 4 is 101 Å². The predicted octanol–water partition coefficient (Wildman–Crippen LogP) is 19.7. The Hall–Kier alpha value is -9.12. The van der Waals surface area contributed by atoms with Gasteiger partial charge < -0.3 is 19.6 Å². The van der Waals surface area contributed by atoms with E-state index in [2.05, 4.69) is 302 Å².